The molecule has 2 aromatic rings. The third-order valence-electron chi connectivity index (χ3n) is 2.80. The highest BCUT2D eigenvalue weighted by Gasteiger charge is 2.12. The number of anilines is 1. The van der Waals surface area contributed by atoms with Gasteiger partial charge < -0.3 is 5.32 Å². The zero-order chi connectivity index (χ0) is 13.6. The van der Waals surface area contributed by atoms with Crippen LogP contribution in [0, 0.1) is 0 Å². The molecule has 0 saturated carbocycles. The van der Waals surface area contributed by atoms with Gasteiger partial charge in [0.25, 0.3) is 0 Å². The van der Waals surface area contributed by atoms with Gasteiger partial charge in [-0.15, -0.1) is 0 Å². The van der Waals surface area contributed by atoms with E-state index >= 15 is 0 Å². The molecule has 4 heteroatoms. The second kappa shape index (κ2) is 6.38. The van der Waals surface area contributed by atoms with E-state index in [0.717, 1.165) is 5.69 Å². The maximum Gasteiger partial charge on any atom is 0.178 e. The van der Waals surface area contributed by atoms with Gasteiger partial charge in [-0.25, -0.2) is 8.42 Å². The molecule has 0 unspecified atom stereocenters. The van der Waals surface area contributed by atoms with Gasteiger partial charge in [-0.1, -0.05) is 36.4 Å². The summed E-state index contributed by atoms with van der Waals surface area (Å²) in [5.41, 5.74) is 1.01. The minimum absolute atomic E-state index is 0.164. The summed E-state index contributed by atoms with van der Waals surface area (Å²) < 4.78 is 24.0. The summed E-state index contributed by atoms with van der Waals surface area (Å²) in [4.78, 5) is 0.398. The van der Waals surface area contributed by atoms with Crippen molar-refractivity contribution in [2.45, 2.75) is 11.3 Å². The van der Waals surface area contributed by atoms with Crippen molar-refractivity contribution >= 4 is 15.5 Å². The highest BCUT2D eigenvalue weighted by atomic mass is 32.2. The Hall–Kier alpha value is -1.81. The third-order valence-corrected chi connectivity index (χ3v) is 4.61. The van der Waals surface area contributed by atoms with Gasteiger partial charge in [-0.2, -0.15) is 0 Å². The smallest absolute Gasteiger partial charge is 0.178 e. The lowest BCUT2D eigenvalue weighted by molar-refractivity contribution is 0.594. The highest BCUT2D eigenvalue weighted by molar-refractivity contribution is 7.91. The van der Waals surface area contributed by atoms with Crippen LogP contribution < -0.4 is 5.32 Å². The molecule has 0 atom stereocenters. The third kappa shape index (κ3) is 4.10. The van der Waals surface area contributed by atoms with Gasteiger partial charge in [-0.05, 0) is 30.7 Å². The molecule has 0 aromatic heterocycles. The van der Waals surface area contributed by atoms with E-state index in [9.17, 15) is 8.42 Å². The van der Waals surface area contributed by atoms with Crippen LogP contribution in [0.25, 0.3) is 0 Å². The number of para-hydroxylation sites is 1. The lowest BCUT2D eigenvalue weighted by Crippen LogP contribution is -2.11. The van der Waals surface area contributed by atoms with Crippen molar-refractivity contribution in [2.24, 2.45) is 0 Å². The SMILES string of the molecule is O=S(=O)(CCCNc1ccccc1)c1ccccc1. The molecule has 0 saturated heterocycles. The normalized spacial score (nSPS) is 11.2. The van der Waals surface area contributed by atoms with Gasteiger partial charge in [0.05, 0.1) is 10.6 Å². The first-order valence-electron chi connectivity index (χ1n) is 6.25. The second-order valence-corrected chi connectivity index (χ2v) is 6.39. The summed E-state index contributed by atoms with van der Waals surface area (Å²) in [6, 6.07) is 18.4. The average molecular weight is 275 g/mol. The van der Waals surface area contributed by atoms with Crippen molar-refractivity contribution in [3.05, 3.63) is 60.7 Å². The van der Waals surface area contributed by atoms with Gasteiger partial charge in [-0.3, -0.25) is 0 Å². The molecular weight excluding hydrogens is 258 g/mol. The first kappa shape index (κ1) is 13.6. The quantitative estimate of drug-likeness (QED) is 0.824. The number of benzene rings is 2. The molecule has 0 aliphatic heterocycles. The molecule has 0 bridgehead atoms. The Balaban J connectivity index is 1.83. The lowest BCUT2D eigenvalue weighted by Gasteiger charge is -2.07. The topological polar surface area (TPSA) is 46.2 Å². The summed E-state index contributed by atoms with van der Waals surface area (Å²) >= 11 is 0. The molecule has 2 rings (SSSR count). The van der Waals surface area contributed by atoms with Crippen LogP contribution in [0.2, 0.25) is 0 Å². The molecule has 0 heterocycles. The summed E-state index contributed by atoms with van der Waals surface area (Å²) in [5, 5.41) is 3.20. The van der Waals surface area contributed by atoms with E-state index in [2.05, 4.69) is 5.32 Å². The van der Waals surface area contributed by atoms with Crippen molar-refractivity contribution in [1.82, 2.24) is 0 Å². The van der Waals surface area contributed by atoms with Crippen LogP contribution in [0.15, 0.2) is 65.6 Å². The van der Waals surface area contributed by atoms with Crippen molar-refractivity contribution in [2.75, 3.05) is 17.6 Å². The molecule has 3 nitrogen and oxygen atoms in total. The van der Waals surface area contributed by atoms with Gasteiger partial charge in [0.1, 0.15) is 0 Å². The van der Waals surface area contributed by atoms with Gasteiger partial charge in [0, 0.05) is 12.2 Å². The van der Waals surface area contributed by atoms with Crippen LogP contribution in [0.1, 0.15) is 6.42 Å². The fourth-order valence-electron chi connectivity index (χ4n) is 1.80. The minimum atomic E-state index is -3.15. The monoisotopic (exact) mass is 275 g/mol. The van der Waals surface area contributed by atoms with Gasteiger partial charge in [0.15, 0.2) is 9.84 Å². The fourth-order valence-corrected chi connectivity index (χ4v) is 3.13. The predicted octanol–water partition coefficient (Wildman–Crippen LogP) is 2.96. The molecule has 1 N–H and O–H groups in total. The van der Waals surface area contributed by atoms with Crippen LogP contribution in [0.3, 0.4) is 0 Å². The van der Waals surface area contributed by atoms with Crippen LogP contribution in [-0.2, 0) is 9.84 Å². The minimum Gasteiger partial charge on any atom is -0.385 e. The largest absolute Gasteiger partial charge is 0.385 e. The number of rotatable bonds is 6. The van der Waals surface area contributed by atoms with Gasteiger partial charge >= 0.3 is 0 Å². The Morgan fingerprint density at radius 1 is 0.842 bits per heavy atom. The van der Waals surface area contributed by atoms with E-state index in [-0.39, 0.29) is 5.75 Å². The van der Waals surface area contributed by atoms with Crippen molar-refractivity contribution < 1.29 is 8.42 Å². The van der Waals surface area contributed by atoms with E-state index in [1.165, 1.54) is 0 Å². The Bertz CT molecular complexity index is 595. The molecule has 0 radical (unpaired) electrons. The molecule has 0 spiro atoms. The highest BCUT2D eigenvalue weighted by Crippen LogP contribution is 2.11. The number of nitrogens with one attached hydrogen (secondary N) is 1. The zero-order valence-corrected chi connectivity index (χ0v) is 11.4. The van der Waals surface area contributed by atoms with Crippen LogP contribution in [0.5, 0.6) is 0 Å². The lowest BCUT2D eigenvalue weighted by atomic mass is 10.3. The summed E-state index contributed by atoms with van der Waals surface area (Å²) in [7, 11) is -3.15. The van der Waals surface area contributed by atoms with Gasteiger partial charge in [0.2, 0.25) is 0 Å². The standard InChI is InChI=1S/C15H17NO2S/c17-19(18,15-10-5-2-6-11-15)13-7-12-16-14-8-3-1-4-9-14/h1-6,8-11,16H,7,12-13H2. The molecule has 0 amide bonds. The molecular formula is C15H17NO2S. The summed E-state index contributed by atoms with van der Waals surface area (Å²) in [6.07, 6.45) is 0.589. The van der Waals surface area contributed by atoms with E-state index in [4.69, 9.17) is 0 Å². The predicted molar refractivity (Wildman–Crippen MR) is 78.0 cm³/mol. The van der Waals surface area contributed by atoms with Crippen LogP contribution >= 0.6 is 0 Å². The van der Waals surface area contributed by atoms with Crippen LogP contribution in [0.4, 0.5) is 5.69 Å². The Kier molecular flexibility index (Phi) is 4.58. The average Bonchev–Trinajstić information content (AvgIpc) is 2.46. The first-order valence-corrected chi connectivity index (χ1v) is 7.90. The van der Waals surface area contributed by atoms with Crippen molar-refractivity contribution in [3.8, 4) is 0 Å². The zero-order valence-electron chi connectivity index (χ0n) is 10.6. The van der Waals surface area contributed by atoms with E-state index in [0.29, 0.717) is 17.9 Å². The van der Waals surface area contributed by atoms with Crippen molar-refractivity contribution in [3.63, 3.8) is 0 Å². The maximum absolute atomic E-state index is 12.0. The molecule has 0 aliphatic carbocycles. The molecule has 100 valence electrons. The Labute approximate surface area is 114 Å². The second-order valence-electron chi connectivity index (χ2n) is 4.28. The number of hydrogen-bond donors (Lipinski definition) is 1. The van der Waals surface area contributed by atoms with Crippen LogP contribution in [-0.4, -0.2) is 20.7 Å². The Morgan fingerprint density at radius 3 is 2.05 bits per heavy atom. The summed E-state index contributed by atoms with van der Waals surface area (Å²) in [6.45, 7) is 0.649. The first-order chi connectivity index (χ1) is 9.18. The number of hydrogen-bond acceptors (Lipinski definition) is 3. The van der Waals surface area contributed by atoms with Crippen molar-refractivity contribution in [1.29, 1.82) is 0 Å². The number of sulfone groups is 1. The van der Waals surface area contributed by atoms with E-state index in [1.54, 1.807) is 24.3 Å². The Morgan fingerprint density at radius 2 is 1.42 bits per heavy atom. The molecule has 2 aromatic carbocycles. The van der Waals surface area contributed by atoms with E-state index < -0.39 is 9.84 Å². The maximum atomic E-state index is 12.0. The molecule has 0 aliphatic rings. The summed E-state index contributed by atoms with van der Waals surface area (Å²) in [5.74, 6) is 0.164. The van der Waals surface area contributed by atoms with E-state index in [1.807, 2.05) is 36.4 Å². The fraction of sp³-hybridized carbons (Fsp3) is 0.200. The molecule has 0 fully saturated rings. The molecule has 19 heavy (non-hydrogen) atoms.